The van der Waals surface area contributed by atoms with Crippen molar-refractivity contribution in [3.63, 3.8) is 0 Å². The molecular formula is C26H29ClN6O2. The highest BCUT2D eigenvalue weighted by Gasteiger charge is 2.36. The van der Waals surface area contributed by atoms with E-state index < -0.39 is 11.6 Å². The van der Waals surface area contributed by atoms with Crippen molar-refractivity contribution >= 4 is 40.1 Å². The van der Waals surface area contributed by atoms with Gasteiger partial charge in [-0.3, -0.25) is 14.5 Å². The molecule has 4 rings (SSSR count). The second kappa shape index (κ2) is 9.92. The molecule has 0 bridgehead atoms. The van der Waals surface area contributed by atoms with Crippen molar-refractivity contribution in [1.82, 2.24) is 24.9 Å². The third-order valence-electron chi connectivity index (χ3n) is 6.19. The van der Waals surface area contributed by atoms with Crippen LogP contribution in [0.5, 0.6) is 0 Å². The van der Waals surface area contributed by atoms with Gasteiger partial charge in [-0.25, -0.2) is 4.68 Å². The molecule has 4 aromatic rings. The van der Waals surface area contributed by atoms with Crippen LogP contribution in [0.3, 0.4) is 0 Å². The number of aryl methyl sites for hydroxylation is 1. The topological polar surface area (TPSA) is 85.0 Å². The lowest BCUT2D eigenvalue weighted by atomic mass is 10.00. The maximum atomic E-state index is 13.9. The number of benzene rings is 2. The number of halogens is 1. The van der Waals surface area contributed by atoms with Crippen molar-refractivity contribution in [2.45, 2.75) is 45.3 Å². The first-order valence-corrected chi connectivity index (χ1v) is 11.9. The number of amides is 2. The minimum Gasteiger partial charge on any atom is -0.352 e. The lowest BCUT2D eigenvalue weighted by Crippen LogP contribution is -2.51. The lowest BCUT2D eigenvalue weighted by molar-refractivity contribution is -0.128. The maximum Gasteiger partial charge on any atom is 0.249 e. The van der Waals surface area contributed by atoms with Gasteiger partial charge in [0.25, 0.3) is 0 Å². The average Bonchev–Trinajstić information content (AvgIpc) is 3.44. The molecule has 8 nitrogen and oxygen atoms in total. The molecular weight excluding hydrogens is 464 g/mol. The van der Waals surface area contributed by atoms with Crippen LogP contribution in [-0.4, -0.2) is 36.9 Å². The van der Waals surface area contributed by atoms with Gasteiger partial charge in [-0.05, 0) is 68.8 Å². The van der Waals surface area contributed by atoms with Gasteiger partial charge < -0.3 is 9.88 Å². The summed E-state index contributed by atoms with van der Waals surface area (Å²) >= 11 is 6.14. The van der Waals surface area contributed by atoms with Crippen LogP contribution in [0.2, 0.25) is 5.02 Å². The second-order valence-corrected chi connectivity index (χ2v) is 9.59. The van der Waals surface area contributed by atoms with Crippen molar-refractivity contribution in [1.29, 1.82) is 0 Å². The van der Waals surface area contributed by atoms with Crippen LogP contribution < -0.4 is 10.2 Å². The molecule has 1 unspecified atom stereocenters. The van der Waals surface area contributed by atoms with Crippen molar-refractivity contribution < 1.29 is 9.59 Å². The van der Waals surface area contributed by atoms with Gasteiger partial charge in [-0.1, -0.05) is 35.9 Å². The summed E-state index contributed by atoms with van der Waals surface area (Å²) in [7, 11) is 1.86. The van der Waals surface area contributed by atoms with Crippen LogP contribution in [0, 0.1) is 0 Å². The van der Waals surface area contributed by atoms with E-state index in [0.717, 1.165) is 11.9 Å². The third kappa shape index (κ3) is 5.22. The lowest BCUT2D eigenvalue weighted by Gasteiger charge is -2.34. The second-order valence-electron chi connectivity index (χ2n) is 9.15. The Morgan fingerprint density at radius 3 is 2.46 bits per heavy atom. The maximum absolute atomic E-state index is 13.9. The summed E-state index contributed by atoms with van der Waals surface area (Å²) in [4.78, 5) is 29.2. The number of aromatic nitrogens is 4. The Balaban J connectivity index is 1.80. The number of hydrogen-bond acceptors (Lipinski definition) is 4. The molecule has 35 heavy (non-hydrogen) atoms. The molecule has 0 radical (unpaired) electrons. The summed E-state index contributed by atoms with van der Waals surface area (Å²) in [5.74, 6) is -0.580. The molecule has 2 amide bonds. The van der Waals surface area contributed by atoms with Crippen LogP contribution in [0.25, 0.3) is 11.0 Å². The van der Waals surface area contributed by atoms with E-state index in [1.54, 1.807) is 28.9 Å². The normalized spacial score (nSPS) is 12.5. The number of rotatable bonds is 8. The fourth-order valence-corrected chi connectivity index (χ4v) is 4.04. The number of fused-ring (bicyclic) bond motifs is 1. The van der Waals surface area contributed by atoms with Crippen LogP contribution in [0.1, 0.15) is 38.9 Å². The van der Waals surface area contributed by atoms with E-state index >= 15 is 0 Å². The quantitative estimate of drug-likeness (QED) is 0.392. The first-order chi connectivity index (χ1) is 16.7. The Labute approximate surface area is 209 Å². The van der Waals surface area contributed by atoms with Crippen LogP contribution in [-0.2, 0) is 23.2 Å². The number of anilines is 1. The smallest absolute Gasteiger partial charge is 0.249 e. The van der Waals surface area contributed by atoms with Crippen molar-refractivity contribution in [3.05, 3.63) is 77.6 Å². The van der Waals surface area contributed by atoms with Crippen LogP contribution >= 0.6 is 11.6 Å². The molecule has 0 spiro atoms. The SMILES string of the molecule is CCC(C)(C)NC(=O)C(c1cccn1C)N(C(=O)Cn1nnc2ccccc21)c1ccc(Cl)cc1. The fourth-order valence-electron chi connectivity index (χ4n) is 3.91. The number of carbonyl (C=O) groups is 2. The van der Waals surface area contributed by atoms with Gasteiger partial charge >= 0.3 is 0 Å². The van der Waals surface area contributed by atoms with E-state index in [1.807, 2.05) is 75.0 Å². The molecule has 2 aromatic carbocycles. The van der Waals surface area contributed by atoms with Gasteiger partial charge in [0.2, 0.25) is 11.8 Å². The number of nitrogens with one attached hydrogen (secondary N) is 1. The Bertz CT molecular complexity index is 1340. The Hall–Kier alpha value is -3.65. The van der Waals surface area contributed by atoms with Crippen LogP contribution in [0.4, 0.5) is 5.69 Å². The summed E-state index contributed by atoms with van der Waals surface area (Å²) in [6.07, 6.45) is 2.59. The summed E-state index contributed by atoms with van der Waals surface area (Å²) in [6, 6.07) is 17.1. The molecule has 0 saturated heterocycles. The number of para-hydroxylation sites is 1. The van der Waals surface area contributed by atoms with E-state index in [9.17, 15) is 9.59 Å². The number of nitrogens with zero attached hydrogens (tertiary/aromatic N) is 5. The van der Waals surface area contributed by atoms with Gasteiger partial charge in [0, 0.05) is 29.5 Å². The van der Waals surface area contributed by atoms with E-state index in [-0.39, 0.29) is 18.4 Å². The molecule has 182 valence electrons. The summed E-state index contributed by atoms with van der Waals surface area (Å²) in [6.45, 7) is 5.84. The first kappa shape index (κ1) is 24.5. The Kier molecular flexibility index (Phi) is 6.93. The van der Waals surface area contributed by atoms with Gasteiger partial charge in [-0.2, -0.15) is 0 Å². The van der Waals surface area contributed by atoms with Crippen LogP contribution in [0.15, 0.2) is 66.9 Å². The largest absolute Gasteiger partial charge is 0.352 e. The molecule has 2 heterocycles. The van der Waals surface area contributed by atoms with E-state index in [2.05, 4.69) is 15.6 Å². The highest BCUT2D eigenvalue weighted by Crippen LogP contribution is 2.30. The molecule has 0 aliphatic heterocycles. The Morgan fingerprint density at radius 1 is 1.09 bits per heavy atom. The molecule has 0 aliphatic carbocycles. The first-order valence-electron chi connectivity index (χ1n) is 11.5. The van der Waals surface area contributed by atoms with Gasteiger partial charge in [-0.15, -0.1) is 5.10 Å². The highest BCUT2D eigenvalue weighted by atomic mass is 35.5. The van der Waals surface area contributed by atoms with Gasteiger partial charge in [0.1, 0.15) is 12.1 Å². The monoisotopic (exact) mass is 492 g/mol. The Morgan fingerprint density at radius 2 is 1.80 bits per heavy atom. The molecule has 0 aliphatic rings. The summed E-state index contributed by atoms with van der Waals surface area (Å²) in [5.41, 5.74) is 2.22. The predicted molar refractivity (Wildman–Crippen MR) is 137 cm³/mol. The molecule has 2 aromatic heterocycles. The van der Waals surface area contributed by atoms with Crippen molar-refractivity contribution in [3.8, 4) is 0 Å². The summed E-state index contributed by atoms with van der Waals surface area (Å²) in [5, 5.41) is 12.0. The van der Waals surface area contributed by atoms with Gasteiger partial charge in [0.15, 0.2) is 6.04 Å². The van der Waals surface area contributed by atoms with Crippen molar-refractivity contribution in [2.75, 3.05) is 4.90 Å². The predicted octanol–water partition coefficient (Wildman–Crippen LogP) is 4.50. The van der Waals surface area contributed by atoms with Gasteiger partial charge in [0.05, 0.1) is 11.2 Å². The molecule has 1 N–H and O–H groups in total. The van der Waals surface area contributed by atoms with E-state index in [1.165, 1.54) is 4.90 Å². The zero-order valence-corrected chi connectivity index (χ0v) is 21.0. The van der Waals surface area contributed by atoms with E-state index in [4.69, 9.17) is 11.6 Å². The fraction of sp³-hybridized carbons (Fsp3) is 0.308. The minimum absolute atomic E-state index is 0.0888. The van der Waals surface area contributed by atoms with Crippen molar-refractivity contribution in [2.24, 2.45) is 7.05 Å². The molecule has 1 atom stereocenters. The molecule has 9 heteroatoms. The third-order valence-corrected chi connectivity index (χ3v) is 6.45. The zero-order valence-electron chi connectivity index (χ0n) is 20.3. The number of hydrogen-bond donors (Lipinski definition) is 1. The number of carbonyl (C=O) groups excluding carboxylic acids is 2. The summed E-state index contributed by atoms with van der Waals surface area (Å²) < 4.78 is 3.40. The zero-order chi connectivity index (χ0) is 25.2. The minimum atomic E-state index is -0.913. The molecule has 0 saturated carbocycles. The average molecular weight is 493 g/mol. The highest BCUT2D eigenvalue weighted by molar-refractivity contribution is 6.30. The standard InChI is InChI=1S/C26H29ClN6O2/c1-5-26(2,3)28-25(35)24(22-11-8-16-31(22)4)33(19-14-12-18(27)13-15-19)23(34)17-32-21-10-7-6-9-20(21)29-30-32/h6-16,24H,5,17H2,1-4H3,(H,28,35). The molecule has 0 fully saturated rings. The van der Waals surface area contributed by atoms with E-state index in [0.29, 0.717) is 21.9 Å².